The quantitative estimate of drug-likeness (QED) is 0.436. The second-order valence-corrected chi connectivity index (χ2v) is 8.03. The molecular weight excluding hydrogens is 404 g/mol. The van der Waals surface area contributed by atoms with Crippen molar-refractivity contribution in [2.45, 2.75) is 33.4 Å². The van der Waals surface area contributed by atoms with Gasteiger partial charge in [0.15, 0.2) is 5.11 Å². The third-order valence-electron chi connectivity index (χ3n) is 4.58. The highest BCUT2D eigenvalue weighted by atomic mass is 32.1. The minimum atomic E-state index is -0.383. The lowest BCUT2D eigenvalue weighted by Gasteiger charge is -2.10. The molecule has 2 N–H and O–H groups in total. The number of esters is 1. The topological polar surface area (TPSA) is 68.2 Å². The van der Waals surface area contributed by atoms with E-state index in [-0.39, 0.29) is 5.97 Å². The molecule has 0 radical (unpaired) electrons. The molecule has 0 fully saturated rings. The van der Waals surface area contributed by atoms with Crippen molar-refractivity contribution in [2.75, 3.05) is 12.4 Å². The fraction of sp³-hybridized carbons (Fsp3) is 0.286. The van der Waals surface area contributed by atoms with Crippen molar-refractivity contribution in [3.8, 4) is 0 Å². The summed E-state index contributed by atoms with van der Waals surface area (Å²) in [4.78, 5) is 13.3. The van der Waals surface area contributed by atoms with E-state index in [4.69, 9.17) is 17.0 Å². The van der Waals surface area contributed by atoms with Gasteiger partial charge in [0.25, 0.3) is 0 Å². The average molecular weight is 429 g/mol. The number of hydrogen-bond donors (Lipinski definition) is 2. The maximum Gasteiger partial charge on any atom is 0.340 e. The predicted molar refractivity (Wildman–Crippen MR) is 121 cm³/mol. The molecule has 0 amide bonds. The molecule has 29 heavy (non-hydrogen) atoms. The molecule has 0 saturated heterocycles. The number of hydrogen-bond acceptors (Lipinski definition) is 5. The number of aryl methyl sites for hydroxylation is 1. The zero-order chi connectivity index (χ0) is 20.8. The summed E-state index contributed by atoms with van der Waals surface area (Å²) in [6.07, 6.45) is 2.59. The summed E-state index contributed by atoms with van der Waals surface area (Å²) in [7, 11) is 1.38. The Morgan fingerprint density at radius 2 is 2.07 bits per heavy atom. The van der Waals surface area contributed by atoms with Gasteiger partial charge in [-0.2, -0.15) is 5.10 Å². The van der Waals surface area contributed by atoms with Crippen LogP contribution in [0.5, 0.6) is 0 Å². The summed E-state index contributed by atoms with van der Waals surface area (Å²) in [5.74, 6) is -0.383. The molecule has 2 heterocycles. The van der Waals surface area contributed by atoms with Gasteiger partial charge >= 0.3 is 5.97 Å². The zero-order valence-corrected chi connectivity index (χ0v) is 18.3. The Hall–Kier alpha value is -2.71. The van der Waals surface area contributed by atoms with Gasteiger partial charge < -0.3 is 15.4 Å². The normalized spacial score (nSPS) is 10.6. The smallest absolute Gasteiger partial charge is 0.340 e. The minimum absolute atomic E-state index is 0.383. The van der Waals surface area contributed by atoms with Crippen molar-refractivity contribution in [1.29, 1.82) is 0 Å². The molecule has 1 aromatic carbocycles. The highest BCUT2D eigenvalue weighted by Crippen LogP contribution is 2.30. The third kappa shape index (κ3) is 5.21. The maximum absolute atomic E-state index is 12.2. The molecule has 0 aliphatic carbocycles. The van der Waals surface area contributed by atoms with Crippen LogP contribution in [0.4, 0.5) is 5.00 Å². The van der Waals surface area contributed by atoms with Gasteiger partial charge in [-0.05, 0) is 37.7 Å². The highest BCUT2D eigenvalue weighted by Gasteiger charge is 2.18. The Balaban J connectivity index is 1.70. The molecular formula is C21H24N4O2S2. The number of aromatic nitrogens is 2. The third-order valence-corrected chi connectivity index (χ3v) is 5.88. The van der Waals surface area contributed by atoms with E-state index in [0.29, 0.717) is 22.2 Å². The van der Waals surface area contributed by atoms with Crippen molar-refractivity contribution in [1.82, 2.24) is 15.1 Å². The molecule has 152 valence electrons. The van der Waals surface area contributed by atoms with E-state index >= 15 is 0 Å². The van der Waals surface area contributed by atoms with Gasteiger partial charge in [-0.15, -0.1) is 11.3 Å². The Kier molecular flexibility index (Phi) is 7.00. The summed E-state index contributed by atoms with van der Waals surface area (Å²) in [6.45, 7) is 5.49. The van der Waals surface area contributed by atoms with Gasteiger partial charge in [0.2, 0.25) is 0 Å². The van der Waals surface area contributed by atoms with Gasteiger partial charge in [-0.3, -0.25) is 4.68 Å². The minimum Gasteiger partial charge on any atom is -0.465 e. The first kappa shape index (κ1) is 21.0. The Bertz CT molecular complexity index is 996. The summed E-state index contributed by atoms with van der Waals surface area (Å²) in [5, 5.41) is 11.8. The number of nitrogens with zero attached hydrogens (tertiary/aromatic N) is 2. The Labute approximate surface area is 179 Å². The van der Waals surface area contributed by atoms with Crippen molar-refractivity contribution in [2.24, 2.45) is 0 Å². The van der Waals surface area contributed by atoms with Crippen molar-refractivity contribution in [3.05, 3.63) is 69.9 Å². The molecule has 2 aromatic heterocycles. The summed E-state index contributed by atoms with van der Waals surface area (Å²) in [5.41, 5.74) is 3.86. The van der Waals surface area contributed by atoms with Gasteiger partial charge in [-0.1, -0.05) is 30.3 Å². The molecule has 0 unspecified atom stereocenters. The SMILES string of the molecule is CCn1ncc(CNC(=S)Nc2sc(Cc3ccccc3)cc2C(=O)OC)c1C. The van der Waals surface area contributed by atoms with Gasteiger partial charge in [-0.25, -0.2) is 4.79 Å². The van der Waals surface area contributed by atoms with Gasteiger partial charge in [0.1, 0.15) is 5.00 Å². The molecule has 3 rings (SSSR count). The number of nitrogens with one attached hydrogen (secondary N) is 2. The monoisotopic (exact) mass is 428 g/mol. The Morgan fingerprint density at radius 3 is 2.72 bits per heavy atom. The molecule has 0 aliphatic rings. The second-order valence-electron chi connectivity index (χ2n) is 6.49. The van der Waals surface area contributed by atoms with Crippen molar-refractivity contribution >= 4 is 39.6 Å². The van der Waals surface area contributed by atoms with Crippen molar-refractivity contribution in [3.63, 3.8) is 0 Å². The highest BCUT2D eigenvalue weighted by molar-refractivity contribution is 7.80. The number of carbonyl (C=O) groups is 1. The lowest BCUT2D eigenvalue weighted by molar-refractivity contribution is 0.0602. The fourth-order valence-electron chi connectivity index (χ4n) is 2.98. The van der Waals surface area contributed by atoms with Crippen LogP contribution in [0, 0.1) is 6.92 Å². The van der Waals surface area contributed by atoms with Crippen LogP contribution in [-0.2, 0) is 24.2 Å². The zero-order valence-electron chi connectivity index (χ0n) is 16.7. The van der Waals surface area contributed by atoms with Crippen LogP contribution in [0.1, 0.15) is 39.0 Å². The molecule has 6 nitrogen and oxygen atoms in total. The molecule has 0 bridgehead atoms. The fourth-order valence-corrected chi connectivity index (χ4v) is 4.30. The lowest BCUT2D eigenvalue weighted by atomic mass is 10.1. The summed E-state index contributed by atoms with van der Waals surface area (Å²) < 4.78 is 6.88. The molecule has 0 saturated carbocycles. The first-order chi connectivity index (χ1) is 14.0. The van der Waals surface area contributed by atoms with E-state index in [1.807, 2.05) is 42.1 Å². The average Bonchev–Trinajstić information content (AvgIpc) is 3.29. The molecule has 3 aromatic rings. The van der Waals surface area contributed by atoms with E-state index in [0.717, 1.165) is 29.1 Å². The Morgan fingerprint density at radius 1 is 1.31 bits per heavy atom. The van der Waals surface area contributed by atoms with Crippen LogP contribution in [0.25, 0.3) is 0 Å². The van der Waals surface area contributed by atoms with E-state index in [1.165, 1.54) is 24.0 Å². The molecule has 8 heteroatoms. The number of ether oxygens (including phenoxy) is 1. The number of thiophene rings is 1. The number of thiocarbonyl (C=S) groups is 1. The number of anilines is 1. The van der Waals surface area contributed by atoms with Crippen LogP contribution in [0.15, 0.2) is 42.6 Å². The maximum atomic E-state index is 12.2. The number of rotatable bonds is 7. The standard InChI is InChI=1S/C21H24N4O2S2/c1-4-25-14(2)16(13-23-25)12-22-21(28)24-19-18(20(26)27-3)11-17(29-19)10-15-8-6-5-7-9-15/h5-9,11,13H,4,10,12H2,1-3H3,(H2,22,24,28). The van der Waals surface area contributed by atoms with Crippen LogP contribution in [-0.4, -0.2) is 28.0 Å². The first-order valence-electron chi connectivity index (χ1n) is 9.32. The first-order valence-corrected chi connectivity index (χ1v) is 10.5. The van der Waals surface area contributed by atoms with E-state index in [1.54, 1.807) is 0 Å². The van der Waals surface area contributed by atoms with Crippen molar-refractivity contribution < 1.29 is 9.53 Å². The van der Waals surface area contributed by atoms with Crippen LogP contribution >= 0.6 is 23.6 Å². The summed E-state index contributed by atoms with van der Waals surface area (Å²) >= 11 is 6.94. The van der Waals surface area contributed by atoms with Gasteiger partial charge in [0.05, 0.1) is 18.9 Å². The number of methoxy groups -OCH3 is 1. The predicted octanol–water partition coefficient (Wildman–Crippen LogP) is 4.14. The van der Waals surface area contributed by atoms with Crippen LogP contribution < -0.4 is 10.6 Å². The van der Waals surface area contributed by atoms with Crippen LogP contribution in [0.2, 0.25) is 0 Å². The van der Waals surface area contributed by atoms with Crippen LogP contribution in [0.3, 0.4) is 0 Å². The number of benzene rings is 1. The molecule has 0 atom stereocenters. The largest absolute Gasteiger partial charge is 0.465 e. The second kappa shape index (κ2) is 9.67. The molecule has 0 spiro atoms. The van der Waals surface area contributed by atoms with E-state index < -0.39 is 0 Å². The molecule has 0 aliphatic heterocycles. The van der Waals surface area contributed by atoms with E-state index in [2.05, 4.69) is 34.8 Å². The van der Waals surface area contributed by atoms with E-state index in [9.17, 15) is 4.79 Å². The lowest BCUT2D eigenvalue weighted by Crippen LogP contribution is -2.28. The number of carbonyl (C=O) groups excluding carboxylic acids is 1. The summed E-state index contributed by atoms with van der Waals surface area (Å²) in [6, 6.07) is 12.0. The van der Waals surface area contributed by atoms with Gasteiger partial charge in [0, 0.05) is 35.6 Å².